The number of benzene rings is 1. The summed E-state index contributed by atoms with van der Waals surface area (Å²) in [5.41, 5.74) is 1.78. The Kier molecular flexibility index (Phi) is 3.57. The summed E-state index contributed by atoms with van der Waals surface area (Å²) in [6.45, 7) is 3.39. The standard InChI is InChI=1S/C12H11N3O3S/c1-6-3-4-8(5-9(6)12(17)18)13-11(16)10-7(2)14-15-19-10/h3-5H,1-2H3,(H,13,16)(H,17,18). The van der Waals surface area contributed by atoms with E-state index in [0.29, 0.717) is 21.8 Å². The fourth-order valence-electron chi connectivity index (χ4n) is 1.56. The number of rotatable bonds is 3. The number of carboxylic acid groups (broad SMARTS) is 1. The average molecular weight is 277 g/mol. The number of amides is 1. The molecule has 1 heterocycles. The number of anilines is 1. The Bertz CT molecular complexity index is 651. The third-order valence-electron chi connectivity index (χ3n) is 2.58. The zero-order valence-corrected chi connectivity index (χ0v) is 11.1. The number of carboxylic acids is 1. The summed E-state index contributed by atoms with van der Waals surface area (Å²) < 4.78 is 3.68. The third kappa shape index (κ3) is 2.76. The number of nitrogens with zero attached hydrogens (tertiary/aromatic N) is 2. The maximum Gasteiger partial charge on any atom is 0.336 e. The van der Waals surface area contributed by atoms with Crippen molar-refractivity contribution in [3.63, 3.8) is 0 Å². The Morgan fingerprint density at radius 2 is 2.05 bits per heavy atom. The molecule has 98 valence electrons. The first kappa shape index (κ1) is 13.2. The van der Waals surface area contributed by atoms with Crippen molar-refractivity contribution in [2.24, 2.45) is 0 Å². The van der Waals surface area contributed by atoms with Gasteiger partial charge in [0.15, 0.2) is 0 Å². The first-order valence-electron chi connectivity index (χ1n) is 5.43. The van der Waals surface area contributed by atoms with Crippen LogP contribution in [0.15, 0.2) is 18.2 Å². The van der Waals surface area contributed by atoms with Gasteiger partial charge in [-0.25, -0.2) is 4.79 Å². The van der Waals surface area contributed by atoms with Gasteiger partial charge in [0.1, 0.15) is 4.88 Å². The van der Waals surface area contributed by atoms with Crippen LogP contribution < -0.4 is 5.32 Å². The molecule has 7 heteroatoms. The average Bonchev–Trinajstić information content (AvgIpc) is 2.77. The van der Waals surface area contributed by atoms with Crippen molar-refractivity contribution in [3.8, 4) is 0 Å². The summed E-state index contributed by atoms with van der Waals surface area (Å²) in [6.07, 6.45) is 0. The molecule has 0 fully saturated rings. The van der Waals surface area contributed by atoms with Crippen molar-refractivity contribution in [1.29, 1.82) is 0 Å². The summed E-state index contributed by atoms with van der Waals surface area (Å²) >= 11 is 1.00. The van der Waals surface area contributed by atoms with E-state index in [1.807, 2.05) is 0 Å². The number of nitrogens with one attached hydrogen (secondary N) is 1. The van der Waals surface area contributed by atoms with E-state index in [2.05, 4.69) is 14.9 Å². The maximum absolute atomic E-state index is 11.9. The van der Waals surface area contributed by atoms with Crippen LogP contribution in [0.4, 0.5) is 5.69 Å². The summed E-state index contributed by atoms with van der Waals surface area (Å²) in [7, 11) is 0. The predicted octanol–water partition coefficient (Wildman–Crippen LogP) is 2.11. The summed E-state index contributed by atoms with van der Waals surface area (Å²) in [6, 6.07) is 4.74. The van der Waals surface area contributed by atoms with Crippen LogP contribution in [0.25, 0.3) is 0 Å². The molecule has 0 spiro atoms. The van der Waals surface area contributed by atoms with Gasteiger partial charge in [-0.3, -0.25) is 4.79 Å². The van der Waals surface area contributed by atoms with Gasteiger partial charge in [-0.15, -0.1) is 5.10 Å². The van der Waals surface area contributed by atoms with Gasteiger partial charge in [-0.05, 0) is 43.1 Å². The van der Waals surface area contributed by atoms with E-state index in [1.165, 1.54) is 6.07 Å². The Labute approximate surface area is 113 Å². The fraction of sp³-hybridized carbons (Fsp3) is 0.167. The highest BCUT2D eigenvalue weighted by molar-refractivity contribution is 7.08. The highest BCUT2D eigenvalue weighted by atomic mass is 32.1. The molecule has 1 aromatic heterocycles. The number of hydrogen-bond acceptors (Lipinski definition) is 5. The summed E-state index contributed by atoms with van der Waals surface area (Å²) in [5.74, 6) is -1.36. The molecule has 1 aromatic carbocycles. The van der Waals surface area contributed by atoms with Crippen LogP contribution in [0.5, 0.6) is 0 Å². The van der Waals surface area contributed by atoms with Gasteiger partial charge in [-0.1, -0.05) is 10.6 Å². The SMILES string of the molecule is Cc1ccc(NC(=O)c2snnc2C)cc1C(=O)O. The zero-order valence-electron chi connectivity index (χ0n) is 10.3. The molecule has 0 saturated heterocycles. The van der Waals surface area contributed by atoms with Gasteiger partial charge in [0.05, 0.1) is 11.3 Å². The second-order valence-corrected chi connectivity index (χ2v) is 4.73. The molecule has 0 bridgehead atoms. The first-order chi connectivity index (χ1) is 8.99. The highest BCUT2D eigenvalue weighted by Crippen LogP contribution is 2.17. The molecule has 6 nitrogen and oxygen atoms in total. The maximum atomic E-state index is 11.9. The molecule has 0 unspecified atom stereocenters. The topological polar surface area (TPSA) is 92.2 Å². The molecule has 1 amide bonds. The molecule has 0 atom stereocenters. The van der Waals surface area contributed by atoms with Crippen molar-refractivity contribution in [1.82, 2.24) is 9.59 Å². The van der Waals surface area contributed by atoms with Crippen molar-refractivity contribution < 1.29 is 14.7 Å². The molecule has 0 radical (unpaired) electrons. The largest absolute Gasteiger partial charge is 0.478 e. The van der Waals surface area contributed by atoms with Crippen LogP contribution in [0.3, 0.4) is 0 Å². The van der Waals surface area contributed by atoms with E-state index in [9.17, 15) is 9.59 Å². The summed E-state index contributed by atoms with van der Waals surface area (Å²) in [4.78, 5) is 23.4. The Hall–Kier alpha value is -2.28. The Morgan fingerprint density at radius 3 is 2.63 bits per heavy atom. The lowest BCUT2D eigenvalue weighted by Gasteiger charge is -2.06. The van der Waals surface area contributed by atoms with Gasteiger partial charge in [0, 0.05) is 5.69 Å². The number of aryl methyl sites for hydroxylation is 2. The molecule has 19 heavy (non-hydrogen) atoms. The van der Waals surface area contributed by atoms with E-state index in [-0.39, 0.29) is 11.5 Å². The molecule has 0 aliphatic carbocycles. The van der Waals surface area contributed by atoms with Gasteiger partial charge < -0.3 is 10.4 Å². The van der Waals surface area contributed by atoms with E-state index < -0.39 is 5.97 Å². The molecular formula is C12H11N3O3S. The van der Waals surface area contributed by atoms with Crippen molar-refractivity contribution >= 4 is 29.1 Å². The van der Waals surface area contributed by atoms with Crippen LogP contribution >= 0.6 is 11.5 Å². The van der Waals surface area contributed by atoms with E-state index >= 15 is 0 Å². The van der Waals surface area contributed by atoms with E-state index in [0.717, 1.165) is 11.5 Å². The minimum absolute atomic E-state index is 0.164. The van der Waals surface area contributed by atoms with Crippen LogP contribution in [0.2, 0.25) is 0 Å². The van der Waals surface area contributed by atoms with Crippen LogP contribution in [-0.4, -0.2) is 26.6 Å². The van der Waals surface area contributed by atoms with Gasteiger partial charge in [-0.2, -0.15) is 0 Å². The highest BCUT2D eigenvalue weighted by Gasteiger charge is 2.14. The number of carbonyl (C=O) groups excluding carboxylic acids is 1. The molecule has 0 saturated carbocycles. The lowest BCUT2D eigenvalue weighted by Crippen LogP contribution is -2.12. The minimum Gasteiger partial charge on any atom is -0.478 e. The van der Waals surface area contributed by atoms with Gasteiger partial charge in [0.2, 0.25) is 0 Å². The van der Waals surface area contributed by atoms with E-state index in [4.69, 9.17) is 5.11 Å². The predicted molar refractivity (Wildman–Crippen MR) is 70.7 cm³/mol. The quantitative estimate of drug-likeness (QED) is 0.896. The Balaban J connectivity index is 2.25. The van der Waals surface area contributed by atoms with Gasteiger partial charge in [0.25, 0.3) is 5.91 Å². The normalized spacial score (nSPS) is 10.2. The lowest BCUT2D eigenvalue weighted by molar-refractivity contribution is 0.0695. The van der Waals surface area contributed by atoms with E-state index in [1.54, 1.807) is 26.0 Å². The van der Waals surface area contributed by atoms with Crippen LogP contribution in [0, 0.1) is 13.8 Å². The smallest absolute Gasteiger partial charge is 0.336 e. The molecule has 2 rings (SSSR count). The van der Waals surface area contributed by atoms with Crippen molar-refractivity contribution in [2.75, 3.05) is 5.32 Å². The van der Waals surface area contributed by atoms with Crippen LogP contribution in [-0.2, 0) is 0 Å². The molecular weight excluding hydrogens is 266 g/mol. The minimum atomic E-state index is -1.02. The van der Waals surface area contributed by atoms with Crippen molar-refractivity contribution in [2.45, 2.75) is 13.8 Å². The third-order valence-corrected chi connectivity index (χ3v) is 3.41. The zero-order chi connectivity index (χ0) is 14.0. The molecule has 0 aliphatic rings. The number of carbonyl (C=O) groups is 2. The fourth-order valence-corrected chi connectivity index (χ4v) is 2.11. The number of aromatic carboxylic acids is 1. The monoisotopic (exact) mass is 277 g/mol. The van der Waals surface area contributed by atoms with Crippen LogP contribution in [0.1, 0.15) is 31.3 Å². The Morgan fingerprint density at radius 1 is 1.32 bits per heavy atom. The molecule has 2 aromatic rings. The molecule has 0 aliphatic heterocycles. The second kappa shape index (κ2) is 5.15. The second-order valence-electron chi connectivity index (χ2n) is 3.98. The van der Waals surface area contributed by atoms with Gasteiger partial charge >= 0.3 is 5.97 Å². The molecule has 2 N–H and O–H groups in total. The summed E-state index contributed by atoms with van der Waals surface area (Å²) in [5, 5.41) is 15.4. The van der Waals surface area contributed by atoms with Crippen molar-refractivity contribution in [3.05, 3.63) is 39.9 Å². The lowest BCUT2D eigenvalue weighted by atomic mass is 10.1. The first-order valence-corrected chi connectivity index (χ1v) is 6.20. The number of hydrogen-bond donors (Lipinski definition) is 2. The number of aromatic nitrogens is 2.